The van der Waals surface area contributed by atoms with Crippen LogP contribution in [0.15, 0.2) is 41.6 Å². The van der Waals surface area contributed by atoms with Gasteiger partial charge in [-0.05, 0) is 11.1 Å². The zero-order chi connectivity index (χ0) is 6.24. The van der Waals surface area contributed by atoms with Crippen molar-refractivity contribution < 1.29 is 0 Å². The first-order valence-electron chi connectivity index (χ1n) is 2.19. The van der Waals surface area contributed by atoms with Crippen molar-refractivity contribution in [3.05, 3.63) is 41.6 Å². The Kier molecular flexibility index (Phi) is 6.06. The van der Waals surface area contributed by atoms with Gasteiger partial charge in [0.25, 0.3) is 0 Å². The molecule has 42 valence electrons. The molecule has 0 fully saturated rings. The van der Waals surface area contributed by atoms with Gasteiger partial charge in [-0.25, -0.2) is 0 Å². The van der Waals surface area contributed by atoms with E-state index in [2.05, 4.69) is 28.2 Å². The molecule has 0 atom stereocenters. The second-order valence-corrected chi connectivity index (χ2v) is 1.60. The van der Waals surface area contributed by atoms with Crippen LogP contribution in [0.25, 0.3) is 0 Å². The minimum Gasteiger partial charge on any atom is -0.129 e. The molecular formula is C7H7Br. The zero-order valence-corrected chi connectivity index (χ0v) is 6.06. The molecule has 0 rings (SSSR count). The zero-order valence-electron chi connectivity index (χ0n) is 4.47. The van der Waals surface area contributed by atoms with E-state index in [-0.39, 0.29) is 0 Å². The van der Waals surface area contributed by atoms with Gasteiger partial charge in [0.2, 0.25) is 0 Å². The molecule has 0 amide bonds. The van der Waals surface area contributed by atoms with Crippen LogP contribution in [-0.2, 0) is 0 Å². The average Bonchev–Trinajstić information content (AvgIpc) is 1.81. The van der Waals surface area contributed by atoms with Gasteiger partial charge in [0.1, 0.15) is 0 Å². The van der Waals surface area contributed by atoms with E-state index in [0.29, 0.717) is 0 Å². The second-order valence-electron chi connectivity index (χ2n) is 1.07. The van der Waals surface area contributed by atoms with E-state index < -0.39 is 0 Å². The van der Waals surface area contributed by atoms with Gasteiger partial charge in [0, 0.05) is 0 Å². The Labute approximate surface area is 58.0 Å². The molecule has 0 aromatic rings. The summed E-state index contributed by atoms with van der Waals surface area (Å²) >= 11 is 3.12. The van der Waals surface area contributed by atoms with Crippen LogP contribution >= 0.6 is 15.9 Å². The monoisotopic (exact) mass is 170 g/mol. The van der Waals surface area contributed by atoms with E-state index in [9.17, 15) is 0 Å². The van der Waals surface area contributed by atoms with E-state index in [1.165, 1.54) is 0 Å². The Hall–Kier alpha value is -0.520. The Morgan fingerprint density at radius 1 is 1.25 bits per heavy atom. The number of hydrogen-bond acceptors (Lipinski definition) is 0. The molecule has 0 saturated carbocycles. The standard InChI is InChI=1S/C7H7Br/c1-2-3-4-5-6-7-8/h3-7H,1H2/b5-4-,7-6+. The van der Waals surface area contributed by atoms with Gasteiger partial charge in [-0.1, -0.05) is 40.7 Å². The maximum Gasteiger partial charge on any atom is -0.0189 e. The van der Waals surface area contributed by atoms with Crippen LogP contribution in [0.4, 0.5) is 0 Å². The summed E-state index contributed by atoms with van der Waals surface area (Å²) in [5.41, 5.74) is 2.62. The lowest BCUT2D eigenvalue weighted by Crippen LogP contribution is -1.42. The molecule has 0 saturated heterocycles. The smallest absolute Gasteiger partial charge is 0.0189 e. The van der Waals surface area contributed by atoms with Crippen LogP contribution in [-0.4, -0.2) is 0 Å². The number of rotatable bonds is 2. The van der Waals surface area contributed by atoms with Gasteiger partial charge in [-0.15, -0.1) is 5.73 Å². The third kappa shape index (κ3) is 5.48. The molecule has 0 heterocycles. The van der Waals surface area contributed by atoms with Crippen molar-refractivity contribution in [2.24, 2.45) is 0 Å². The molecule has 8 heavy (non-hydrogen) atoms. The lowest BCUT2D eigenvalue weighted by Gasteiger charge is -1.64. The largest absolute Gasteiger partial charge is 0.129 e. The SMILES string of the molecule is C=C=C/C=C\C=C\Br. The van der Waals surface area contributed by atoms with Crippen molar-refractivity contribution in [3.8, 4) is 0 Å². The van der Waals surface area contributed by atoms with Crippen LogP contribution < -0.4 is 0 Å². The van der Waals surface area contributed by atoms with Crippen LogP contribution in [0.2, 0.25) is 0 Å². The van der Waals surface area contributed by atoms with Crippen molar-refractivity contribution in [2.75, 3.05) is 0 Å². The van der Waals surface area contributed by atoms with Gasteiger partial charge >= 0.3 is 0 Å². The highest BCUT2D eigenvalue weighted by Crippen LogP contribution is 1.83. The quantitative estimate of drug-likeness (QED) is 0.442. The van der Waals surface area contributed by atoms with Crippen LogP contribution in [0.3, 0.4) is 0 Å². The summed E-state index contributed by atoms with van der Waals surface area (Å²) in [5.74, 6) is 0. The highest BCUT2D eigenvalue weighted by Gasteiger charge is 1.54. The lowest BCUT2D eigenvalue weighted by atomic mass is 10.5. The molecule has 0 N–H and O–H groups in total. The molecule has 0 aliphatic carbocycles. The summed E-state index contributed by atoms with van der Waals surface area (Å²) in [6.45, 7) is 3.39. The van der Waals surface area contributed by atoms with E-state index in [0.717, 1.165) is 0 Å². The van der Waals surface area contributed by atoms with Crippen LogP contribution in [0, 0.1) is 0 Å². The lowest BCUT2D eigenvalue weighted by molar-refractivity contribution is 1.96. The topological polar surface area (TPSA) is 0 Å². The summed E-state index contributed by atoms with van der Waals surface area (Å²) in [6.07, 6.45) is 7.35. The van der Waals surface area contributed by atoms with Crippen LogP contribution in [0.5, 0.6) is 0 Å². The number of halogens is 1. The average molecular weight is 171 g/mol. The molecular weight excluding hydrogens is 164 g/mol. The van der Waals surface area contributed by atoms with E-state index in [4.69, 9.17) is 0 Å². The van der Waals surface area contributed by atoms with Crippen molar-refractivity contribution >= 4 is 15.9 Å². The summed E-state index contributed by atoms with van der Waals surface area (Å²) in [5, 5.41) is 0. The van der Waals surface area contributed by atoms with Crippen molar-refractivity contribution in [2.45, 2.75) is 0 Å². The fourth-order valence-electron chi connectivity index (χ4n) is 0.230. The maximum absolute atomic E-state index is 3.39. The predicted molar refractivity (Wildman–Crippen MR) is 40.9 cm³/mol. The molecule has 0 aromatic heterocycles. The van der Waals surface area contributed by atoms with Gasteiger partial charge in [0.15, 0.2) is 0 Å². The Bertz CT molecular complexity index is 136. The predicted octanol–water partition coefficient (Wildman–Crippen LogP) is 2.79. The third-order valence-electron chi connectivity index (χ3n) is 0.509. The third-order valence-corrected chi connectivity index (χ3v) is 0.814. The summed E-state index contributed by atoms with van der Waals surface area (Å²) in [6, 6.07) is 0. The summed E-state index contributed by atoms with van der Waals surface area (Å²) in [7, 11) is 0. The normalized spacial score (nSPS) is 10.1. The molecule has 0 nitrogen and oxygen atoms in total. The molecule has 0 unspecified atom stereocenters. The second kappa shape index (κ2) is 6.48. The minimum atomic E-state index is 1.74. The van der Waals surface area contributed by atoms with Crippen molar-refractivity contribution in [1.82, 2.24) is 0 Å². The fraction of sp³-hybridized carbons (Fsp3) is 0. The summed E-state index contributed by atoms with van der Waals surface area (Å²) < 4.78 is 0. The van der Waals surface area contributed by atoms with E-state index in [1.54, 1.807) is 11.1 Å². The molecule has 0 spiro atoms. The first kappa shape index (κ1) is 7.48. The first-order valence-corrected chi connectivity index (χ1v) is 3.11. The minimum absolute atomic E-state index is 1.74. The van der Waals surface area contributed by atoms with E-state index >= 15 is 0 Å². The van der Waals surface area contributed by atoms with E-state index in [1.807, 2.05) is 18.2 Å². The number of hydrogen-bond donors (Lipinski definition) is 0. The molecule has 0 aliphatic rings. The van der Waals surface area contributed by atoms with Gasteiger partial charge in [-0.2, -0.15) is 0 Å². The van der Waals surface area contributed by atoms with Gasteiger partial charge in [-0.3, -0.25) is 0 Å². The highest BCUT2D eigenvalue weighted by molar-refractivity contribution is 9.11. The Balaban J connectivity index is 3.50. The Morgan fingerprint density at radius 2 is 2.00 bits per heavy atom. The van der Waals surface area contributed by atoms with Gasteiger partial charge < -0.3 is 0 Å². The fourth-order valence-corrected chi connectivity index (χ4v) is 0.406. The first-order chi connectivity index (χ1) is 3.91. The molecule has 0 radical (unpaired) electrons. The maximum atomic E-state index is 3.39. The molecule has 0 aliphatic heterocycles. The molecule has 0 bridgehead atoms. The highest BCUT2D eigenvalue weighted by atomic mass is 79.9. The van der Waals surface area contributed by atoms with Crippen molar-refractivity contribution in [3.63, 3.8) is 0 Å². The summed E-state index contributed by atoms with van der Waals surface area (Å²) in [4.78, 5) is 1.78. The number of allylic oxidation sites excluding steroid dienone is 4. The Morgan fingerprint density at radius 3 is 2.50 bits per heavy atom. The van der Waals surface area contributed by atoms with Crippen molar-refractivity contribution in [1.29, 1.82) is 0 Å². The van der Waals surface area contributed by atoms with Crippen LogP contribution in [0.1, 0.15) is 0 Å². The molecule has 1 heteroatoms. The van der Waals surface area contributed by atoms with Gasteiger partial charge in [0.05, 0.1) is 0 Å². The molecule has 0 aromatic carbocycles.